The van der Waals surface area contributed by atoms with Crippen molar-refractivity contribution < 1.29 is 8.78 Å². The van der Waals surface area contributed by atoms with Crippen LogP contribution in [0.2, 0.25) is 0 Å². The second-order valence-electron chi connectivity index (χ2n) is 5.32. The van der Waals surface area contributed by atoms with Crippen LogP contribution in [-0.4, -0.2) is 49.6 Å². The predicted molar refractivity (Wildman–Crippen MR) is 71.8 cm³/mol. The molecule has 2 N–H and O–H groups in total. The zero-order valence-electron chi connectivity index (χ0n) is 11.4. The summed E-state index contributed by atoms with van der Waals surface area (Å²) in [5.41, 5.74) is 6.14. The van der Waals surface area contributed by atoms with E-state index in [4.69, 9.17) is 5.73 Å². The molecule has 3 nitrogen and oxygen atoms in total. The van der Waals surface area contributed by atoms with Crippen LogP contribution in [-0.2, 0) is 0 Å². The second kappa shape index (κ2) is 5.94. The Morgan fingerprint density at radius 2 is 2.16 bits per heavy atom. The average molecular weight is 269 g/mol. The first-order valence-electron chi connectivity index (χ1n) is 6.58. The van der Waals surface area contributed by atoms with E-state index < -0.39 is 5.82 Å². The smallest absolute Gasteiger partial charge is 0.128 e. The summed E-state index contributed by atoms with van der Waals surface area (Å²) in [6, 6.07) is 3.77. The van der Waals surface area contributed by atoms with Gasteiger partial charge in [-0.3, -0.25) is 4.90 Å². The third-order valence-corrected chi connectivity index (χ3v) is 3.91. The summed E-state index contributed by atoms with van der Waals surface area (Å²) in [7, 11) is 4.07. The summed E-state index contributed by atoms with van der Waals surface area (Å²) in [6.07, 6.45) is 1.03. The molecule has 1 saturated heterocycles. The van der Waals surface area contributed by atoms with E-state index >= 15 is 0 Å². The van der Waals surface area contributed by atoms with Crippen molar-refractivity contribution in [2.45, 2.75) is 18.5 Å². The van der Waals surface area contributed by atoms with Gasteiger partial charge in [0, 0.05) is 31.2 Å². The van der Waals surface area contributed by atoms with Gasteiger partial charge in [-0.1, -0.05) is 0 Å². The van der Waals surface area contributed by atoms with Gasteiger partial charge in [0.2, 0.25) is 0 Å². The molecule has 0 bridgehead atoms. The molecule has 2 unspecified atom stereocenters. The average Bonchev–Trinajstić information content (AvgIpc) is 2.84. The fourth-order valence-electron chi connectivity index (χ4n) is 2.72. The quantitative estimate of drug-likeness (QED) is 0.901. The summed E-state index contributed by atoms with van der Waals surface area (Å²) in [5.74, 6) is -0.802. The monoisotopic (exact) mass is 269 g/mol. The summed E-state index contributed by atoms with van der Waals surface area (Å²) >= 11 is 0. The Kier molecular flexibility index (Phi) is 4.50. The minimum Gasteiger partial charge on any atom is -0.329 e. The van der Waals surface area contributed by atoms with Gasteiger partial charge in [0.25, 0.3) is 0 Å². The molecular weight excluding hydrogens is 248 g/mol. The van der Waals surface area contributed by atoms with E-state index in [2.05, 4.69) is 9.80 Å². The number of likely N-dealkylation sites (N-methyl/N-ethyl adjacent to an activating group) is 1. The predicted octanol–water partition coefficient (Wildman–Crippen LogP) is 1.60. The SMILES string of the molecule is CN(C)C1CCN(C(CN)c2cc(F)ccc2F)C1. The molecule has 1 aromatic carbocycles. The molecule has 0 radical (unpaired) electrons. The lowest BCUT2D eigenvalue weighted by atomic mass is 10.0. The Morgan fingerprint density at radius 3 is 2.74 bits per heavy atom. The van der Waals surface area contributed by atoms with Crippen LogP contribution in [0, 0.1) is 11.6 Å². The number of hydrogen-bond donors (Lipinski definition) is 1. The van der Waals surface area contributed by atoms with Gasteiger partial charge in [-0.15, -0.1) is 0 Å². The Morgan fingerprint density at radius 1 is 1.42 bits per heavy atom. The largest absolute Gasteiger partial charge is 0.329 e. The number of nitrogens with zero attached hydrogens (tertiary/aromatic N) is 2. The van der Waals surface area contributed by atoms with Crippen molar-refractivity contribution >= 4 is 0 Å². The van der Waals surface area contributed by atoms with Crippen molar-refractivity contribution in [2.24, 2.45) is 5.73 Å². The third-order valence-electron chi connectivity index (χ3n) is 3.91. The Labute approximate surface area is 113 Å². The highest BCUT2D eigenvalue weighted by molar-refractivity contribution is 5.23. The van der Waals surface area contributed by atoms with E-state index in [9.17, 15) is 8.78 Å². The standard InChI is InChI=1S/C14H21F2N3/c1-18(2)11-5-6-19(9-11)14(8-17)12-7-10(15)3-4-13(12)16/h3-4,7,11,14H,5-6,8-9,17H2,1-2H3. The van der Waals surface area contributed by atoms with Crippen molar-refractivity contribution in [3.63, 3.8) is 0 Å². The van der Waals surface area contributed by atoms with Crippen LogP contribution in [0.1, 0.15) is 18.0 Å². The van der Waals surface area contributed by atoms with Crippen molar-refractivity contribution in [3.05, 3.63) is 35.4 Å². The van der Waals surface area contributed by atoms with E-state index in [0.717, 1.165) is 25.6 Å². The van der Waals surface area contributed by atoms with E-state index in [1.807, 2.05) is 14.1 Å². The van der Waals surface area contributed by atoms with Crippen molar-refractivity contribution in [2.75, 3.05) is 33.7 Å². The minimum atomic E-state index is -0.418. The van der Waals surface area contributed by atoms with E-state index in [1.54, 1.807) is 0 Å². The second-order valence-corrected chi connectivity index (χ2v) is 5.32. The van der Waals surface area contributed by atoms with Gasteiger partial charge in [-0.25, -0.2) is 8.78 Å². The maximum Gasteiger partial charge on any atom is 0.128 e. The zero-order chi connectivity index (χ0) is 14.0. The van der Waals surface area contributed by atoms with Gasteiger partial charge in [-0.2, -0.15) is 0 Å². The lowest BCUT2D eigenvalue weighted by molar-refractivity contribution is 0.216. The molecule has 2 rings (SSSR count). The normalized spacial score (nSPS) is 22.1. The van der Waals surface area contributed by atoms with Gasteiger partial charge in [0.1, 0.15) is 11.6 Å². The van der Waals surface area contributed by atoms with E-state index in [1.165, 1.54) is 12.1 Å². The maximum atomic E-state index is 13.9. The molecule has 106 valence electrons. The first-order valence-corrected chi connectivity index (χ1v) is 6.58. The molecule has 1 aliphatic heterocycles. The molecule has 19 heavy (non-hydrogen) atoms. The Balaban J connectivity index is 2.19. The number of hydrogen-bond acceptors (Lipinski definition) is 3. The molecule has 5 heteroatoms. The highest BCUT2D eigenvalue weighted by atomic mass is 19.1. The molecular formula is C14H21F2N3. The molecule has 0 saturated carbocycles. The van der Waals surface area contributed by atoms with Crippen molar-refractivity contribution in [3.8, 4) is 0 Å². The molecule has 1 aromatic rings. The number of rotatable bonds is 4. The fraction of sp³-hybridized carbons (Fsp3) is 0.571. The maximum absolute atomic E-state index is 13.9. The van der Waals surface area contributed by atoms with Crippen LogP contribution in [0.15, 0.2) is 18.2 Å². The summed E-state index contributed by atoms with van der Waals surface area (Å²) in [5, 5.41) is 0. The molecule has 0 aromatic heterocycles. The molecule has 1 aliphatic rings. The molecule has 1 heterocycles. The van der Waals surface area contributed by atoms with Crippen molar-refractivity contribution in [1.29, 1.82) is 0 Å². The zero-order valence-corrected chi connectivity index (χ0v) is 11.4. The first-order chi connectivity index (χ1) is 9.02. The van der Waals surface area contributed by atoms with Crippen LogP contribution < -0.4 is 5.73 Å². The van der Waals surface area contributed by atoms with Crippen LogP contribution >= 0.6 is 0 Å². The summed E-state index contributed by atoms with van der Waals surface area (Å²) in [4.78, 5) is 4.30. The van der Waals surface area contributed by atoms with Crippen molar-refractivity contribution in [1.82, 2.24) is 9.80 Å². The molecule has 1 fully saturated rings. The van der Waals surface area contributed by atoms with Crippen LogP contribution in [0.25, 0.3) is 0 Å². The molecule has 0 spiro atoms. The van der Waals surface area contributed by atoms with E-state index in [0.29, 0.717) is 18.2 Å². The minimum absolute atomic E-state index is 0.249. The highest BCUT2D eigenvalue weighted by Gasteiger charge is 2.30. The fourth-order valence-corrected chi connectivity index (χ4v) is 2.72. The van der Waals surface area contributed by atoms with Gasteiger partial charge in [-0.05, 0) is 38.7 Å². The van der Waals surface area contributed by atoms with Gasteiger partial charge < -0.3 is 10.6 Å². The van der Waals surface area contributed by atoms with Gasteiger partial charge >= 0.3 is 0 Å². The third kappa shape index (κ3) is 3.11. The Hall–Kier alpha value is -1.04. The lowest BCUT2D eigenvalue weighted by Crippen LogP contribution is -2.36. The lowest BCUT2D eigenvalue weighted by Gasteiger charge is -2.28. The first kappa shape index (κ1) is 14.4. The molecule has 0 amide bonds. The summed E-state index contributed by atoms with van der Waals surface area (Å²) in [6.45, 7) is 1.99. The van der Waals surface area contributed by atoms with Gasteiger partial charge in [0.15, 0.2) is 0 Å². The van der Waals surface area contributed by atoms with Crippen LogP contribution in [0.4, 0.5) is 8.78 Å². The number of nitrogens with two attached hydrogens (primary N) is 1. The molecule has 2 atom stereocenters. The topological polar surface area (TPSA) is 32.5 Å². The highest BCUT2D eigenvalue weighted by Crippen LogP contribution is 2.27. The van der Waals surface area contributed by atoms with Gasteiger partial charge in [0.05, 0.1) is 6.04 Å². The van der Waals surface area contributed by atoms with Crippen LogP contribution in [0.5, 0.6) is 0 Å². The number of likely N-dealkylation sites (tertiary alicyclic amines) is 1. The van der Waals surface area contributed by atoms with E-state index in [-0.39, 0.29) is 11.9 Å². The summed E-state index contributed by atoms with van der Waals surface area (Å²) < 4.78 is 27.2. The number of benzene rings is 1. The Bertz CT molecular complexity index is 437. The molecule has 0 aliphatic carbocycles. The van der Waals surface area contributed by atoms with Crippen LogP contribution in [0.3, 0.4) is 0 Å². The number of halogens is 2.